The van der Waals surface area contributed by atoms with Crippen LogP contribution in [0.5, 0.6) is 0 Å². The Morgan fingerprint density at radius 2 is 1.45 bits per heavy atom. The molecule has 0 aromatic heterocycles. The van der Waals surface area contributed by atoms with Gasteiger partial charge in [-0.1, -0.05) is 20.8 Å². The van der Waals surface area contributed by atoms with Crippen LogP contribution in [0.1, 0.15) is 52.9 Å². The monoisotopic (exact) mass is 308 g/mol. The summed E-state index contributed by atoms with van der Waals surface area (Å²) in [7, 11) is 0. The van der Waals surface area contributed by atoms with E-state index in [9.17, 15) is 9.59 Å². The van der Waals surface area contributed by atoms with Gasteiger partial charge in [0.1, 0.15) is 5.78 Å². The molecule has 2 rings (SSSR count). The first-order valence-electron chi connectivity index (χ1n) is 9.04. The molecule has 2 aliphatic rings. The smallest absolute Gasteiger partial charge is 0.222 e. The lowest BCUT2D eigenvalue weighted by molar-refractivity contribution is -0.132. The maximum atomic E-state index is 11.8. The Hall–Kier alpha value is -0.900. The Balaban J connectivity index is 1.72. The SMILES string of the molecule is CCC(=O)N1CCC(C2CCN(CC(=O)C(C)C)CC2)CC1. The molecule has 0 spiro atoms. The number of piperidine rings is 2. The van der Waals surface area contributed by atoms with Crippen molar-refractivity contribution in [3.8, 4) is 0 Å². The molecule has 2 aliphatic heterocycles. The molecule has 0 aromatic carbocycles. The zero-order chi connectivity index (χ0) is 16.1. The van der Waals surface area contributed by atoms with Crippen LogP contribution in [0.15, 0.2) is 0 Å². The second-order valence-electron chi connectivity index (χ2n) is 7.31. The minimum absolute atomic E-state index is 0.151. The minimum Gasteiger partial charge on any atom is -0.343 e. The van der Waals surface area contributed by atoms with Crippen LogP contribution in [0.3, 0.4) is 0 Å². The van der Waals surface area contributed by atoms with Gasteiger partial charge in [0.2, 0.25) is 5.91 Å². The van der Waals surface area contributed by atoms with E-state index < -0.39 is 0 Å². The van der Waals surface area contributed by atoms with Gasteiger partial charge in [-0.3, -0.25) is 14.5 Å². The second kappa shape index (κ2) is 8.09. The van der Waals surface area contributed by atoms with Gasteiger partial charge in [0.05, 0.1) is 6.54 Å². The summed E-state index contributed by atoms with van der Waals surface area (Å²) in [6.45, 7) is 10.6. The summed E-state index contributed by atoms with van der Waals surface area (Å²) in [6, 6.07) is 0. The zero-order valence-corrected chi connectivity index (χ0v) is 14.5. The standard InChI is InChI=1S/C18H32N2O2/c1-4-18(22)20-11-7-16(8-12-20)15-5-9-19(10-6-15)13-17(21)14(2)3/h14-16H,4-13H2,1-3H3. The van der Waals surface area contributed by atoms with E-state index in [2.05, 4.69) is 4.90 Å². The lowest BCUT2D eigenvalue weighted by Crippen LogP contribution is -2.43. The summed E-state index contributed by atoms with van der Waals surface area (Å²) in [5.41, 5.74) is 0. The molecule has 0 bridgehead atoms. The maximum absolute atomic E-state index is 11.8. The van der Waals surface area contributed by atoms with E-state index in [-0.39, 0.29) is 5.92 Å². The van der Waals surface area contributed by atoms with Crippen LogP contribution >= 0.6 is 0 Å². The first-order valence-corrected chi connectivity index (χ1v) is 9.04. The normalized spacial score (nSPS) is 22.3. The highest BCUT2D eigenvalue weighted by Gasteiger charge is 2.30. The van der Waals surface area contributed by atoms with Gasteiger partial charge < -0.3 is 4.90 Å². The molecule has 4 nitrogen and oxygen atoms in total. The molecule has 0 unspecified atom stereocenters. The van der Waals surface area contributed by atoms with Crippen LogP contribution in [0.2, 0.25) is 0 Å². The summed E-state index contributed by atoms with van der Waals surface area (Å²) in [6.07, 6.45) is 5.41. The predicted molar refractivity (Wildman–Crippen MR) is 88.6 cm³/mol. The summed E-state index contributed by atoms with van der Waals surface area (Å²) in [5, 5.41) is 0. The number of ketones is 1. The fraction of sp³-hybridized carbons (Fsp3) is 0.889. The highest BCUT2D eigenvalue weighted by Crippen LogP contribution is 2.32. The number of nitrogens with zero attached hydrogens (tertiary/aromatic N) is 2. The van der Waals surface area contributed by atoms with E-state index >= 15 is 0 Å². The lowest BCUT2D eigenvalue weighted by Gasteiger charge is -2.40. The number of carbonyl (C=O) groups is 2. The molecule has 22 heavy (non-hydrogen) atoms. The van der Waals surface area contributed by atoms with Crippen molar-refractivity contribution >= 4 is 11.7 Å². The average molecular weight is 308 g/mol. The third kappa shape index (κ3) is 4.55. The third-order valence-corrected chi connectivity index (χ3v) is 5.52. The van der Waals surface area contributed by atoms with E-state index in [0.29, 0.717) is 24.7 Å². The molecule has 0 N–H and O–H groups in total. The molecular formula is C18H32N2O2. The topological polar surface area (TPSA) is 40.6 Å². The van der Waals surface area contributed by atoms with E-state index in [1.807, 2.05) is 25.7 Å². The van der Waals surface area contributed by atoms with Crippen LogP contribution in [0.4, 0.5) is 0 Å². The van der Waals surface area contributed by atoms with Gasteiger partial charge in [-0.05, 0) is 50.6 Å². The van der Waals surface area contributed by atoms with E-state index in [1.165, 1.54) is 25.7 Å². The number of amides is 1. The number of hydrogen-bond acceptors (Lipinski definition) is 3. The number of rotatable bonds is 5. The summed E-state index contributed by atoms with van der Waals surface area (Å²) in [4.78, 5) is 27.9. The molecule has 4 heteroatoms. The Morgan fingerprint density at radius 1 is 0.955 bits per heavy atom. The molecule has 1 amide bonds. The molecule has 2 fully saturated rings. The van der Waals surface area contributed by atoms with Gasteiger partial charge in [-0.25, -0.2) is 0 Å². The number of Topliss-reactive ketones (excluding diaryl/α,β-unsaturated/α-hetero) is 1. The Morgan fingerprint density at radius 3 is 1.91 bits per heavy atom. The molecule has 0 aliphatic carbocycles. The number of carbonyl (C=O) groups excluding carboxylic acids is 2. The van der Waals surface area contributed by atoms with Crippen molar-refractivity contribution in [2.45, 2.75) is 52.9 Å². The summed E-state index contributed by atoms with van der Waals surface area (Å²) in [5.74, 6) is 2.40. The molecule has 2 saturated heterocycles. The number of likely N-dealkylation sites (tertiary alicyclic amines) is 2. The summed E-state index contributed by atoms with van der Waals surface area (Å²) < 4.78 is 0. The molecule has 0 aromatic rings. The van der Waals surface area contributed by atoms with Crippen molar-refractivity contribution < 1.29 is 9.59 Å². The third-order valence-electron chi connectivity index (χ3n) is 5.52. The van der Waals surface area contributed by atoms with E-state index in [4.69, 9.17) is 0 Å². The van der Waals surface area contributed by atoms with Gasteiger partial charge in [0, 0.05) is 25.4 Å². The molecule has 0 saturated carbocycles. The van der Waals surface area contributed by atoms with Crippen molar-refractivity contribution in [1.29, 1.82) is 0 Å². The van der Waals surface area contributed by atoms with Crippen molar-refractivity contribution in [3.63, 3.8) is 0 Å². The van der Waals surface area contributed by atoms with Crippen LogP contribution in [0, 0.1) is 17.8 Å². The van der Waals surface area contributed by atoms with Crippen LogP contribution in [0.25, 0.3) is 0 Å². The zero-order valence-electron chi connectivity index (χ0n) is 14.5. The molecule has 0 radical (unpaired) electrons. The van der Waals surface area contributed by atoms with Crippen molar-refractivity contribution in [1.82, 2.24) is 9.80 Å². The maximum Gasteiger partial charge on any atom is 0.222 e. The largest absolute Gasteiger partial charge is 0.343 e. The summed E-state index contributed by atoms with van der Waals surface area (Å²) >= 11 is 0. The quantitative estimate of drug-likeness (QED) is 0.784. The molecule has 126 valence electrons. The van der Waals surface area contributed by atoms with Crippen LogP contribution in [-0.4, -0.2) is 54.2 Å². The fourth-order valence-electron chi connectivity index (χ4n) is 3.83. The Labute approximate surface area is 135 Å². The van der Waals surface area contributed by atoms with E-state index in [1.54, 1.807) is 0 Å². The predicted octanol–water partition coefficient (Wildman–Crippen LogP) is 2.57. The average Bonchev–Trinajstić information content (AvgIpc) is 2.55. The van der Waals surface area contributed by atoms with Gasteiger partial charge >= 0.3 is 0 Å². The Kier molecular flexibility index (Phi) is 6.42. The lowest BCUT2D eigenvalue weighted by atomic mass is 9.78. The van der Waals surface area contributed by atoms with Gasteiger partial charge in [0.15, 0.2) is 0 Å². The van der Waals surface area contributed by atoms with Gasteiger partial charge in [-0.15, -0.1) is 0 Å². The first-order chi connectivity index (χ1) is 10.5. The molecule has 2 heterocycles. The van der Waals surface area contributed by atoms with Crippen molar-refractivity contribution in [3.05, 3.63) is 0 Å². The molecular weight excluding hydrogens is 276 g/mol. The second-order valence-corrected chi connectivity index (χ2v) is 7.31. The highest BCUT2D eigenvalue weighted by atomic mass is 16.2. The first kappa shape index (κ1) is 17.5. The van der Waals surface area contributed by atoms with Crippen LogP contribution in [-0.2, 0) is 9.59 Å². The van der Waals surface area contributed by atoms with Crippen LogP contribution < -0.4 is 0 Å². The van der Waals surface area contributed by atoms with Crippen molar-refractivity contribution in [2.24, 2.45) is 17.8 Å². The van der Waals surface area contributed by atoms with E-state index in [0.717, 1.165) is 38.0 Å². The fourth-order valence-corrected chi connectivity index (χ4v) is 3.83. The molecule has 0 atom stereocenters. The van der Waals surface area contributed by atoms with Gasteiger partial charge in [0.25, 0.3) is 0 Å². The highest BCUT2D eigenvalue weighted by molar-refractivity contribution is 5.82. The van der Waals surface area contributed by atoms with Gasteiger partial charge in [-0.2, -0.15) is 0 Å². The minimum atomic E-state index is 0.151. The number of hydrogen-bond donors (Lipinski definition) is 0. The van der Waals surface area contributed by atoms with Crippen molar-refractivity contribution in [2.75, 3.05) is 32.7 Å². The Bertz CT molecular complexity index is 379.